The fourth-order valence-corrected chi connectivity index (χ4v) is 3.87. The monoisotopic (exact) mass is 379 g/mol. The summed E-state index contributed by atoms with van der Waals surface area (Å²) < 4.78 is 26.2. The van der Waals surface area contributed by atoms with Crippen molar-refractivity contribution in [2.75, 3.05) is 33.7 Å². The van der Waals surface area contributed by atoms with Crippen molar-refractivity contribution >= 4 is 27.9 Å². The summed E-state index contributed by atoms with van der Waals surface area (Å²) in [7, 11) is -0.256. The number of hydrogen-bond donors (Lipinski definition) is 1. The van der Waals surface area contributed by atoms with E-state index in [2.05, 4.69) is 5.32 Å². The maximum atomic E-state index is 12.4. The Morgan fingerprint density at radius 3 is 2.38 bits per heavy atom. The molecule has 0 bridgehead atoms. The molecular formula is C18H25N3O4S. The lowest BCUT2D eigenvalue weighted by Crippen LogP contribution is -2.44. The van der Waals surface area contributed by atoms with Crippen molar-refractivity contribution in [1.82, 2.24) is 14.5 Å². The van der Waals surface area contributed by atoms with Crippen LogP contribution in [-0.4, -0.2) is 63.2 Å². The summed E-state index contributed by atoms with van der Waals surface area (Å²) in [6.45, 7) is 0.548. The summed E-state index contributed by atoms with van der Waals surface area (Å²) in [5, 5.41) is 3.83. The van der Waals surface area contributed by atoms with Crippen molar-refractivity contribution in [3.05, 3.63) is 41.3 Å². The van der Waals surface area contributed by atoms with Crippen LogP contribution >= 0.6 is 0 Å². The van der Waals surface area contributed by atoms with Crippen molar-refractivity contribution in [2.24, 2.45) is 5.92 Å². The number of amides is 2. The average molecular weight is 379 g/mol. The molecule has 1 heterocycles. The van der Waals surface area contributed by atoms with Gasteiger partial charge in [-0.1, -0.05) is 30.3 Å². The highest BCUT2D eigenvalue weighted by molar-refractivity contribution is 7.92. The zero-order valence-electron chi connectivity index (χ0n) is 15.1. The molecule has 1 aromatic carbocycles. The lowest BCUT2D eigenvalue weighted by atomic mass is 9.97. The summed E-state index contributed by atoms with van der Waals surface area (Å²) in [4.78, 5) is 25.1. The minimum Gasteiger partial charge on any atom is -0.347 e. The minimum absolute atomic E-state index is 0.0375. The molecule has 142 valence electrons. The second-order valence-corrected chi connectivity index (χ2v) is 8.26. The topological polar surface area (TPSA) is 86.8 Å². The number of nitrogens with zero attached hydrogens (tertiary/aromatic N) is 2. The quantitative estimate of drug-likeness (QED) is 0.796. The summed E-state index contributed by atoms with van der Waals surface area (Å²) in [6, 6.07) is 9.22. The highest BCUT2D eigenvalue weighted by Crippen LogP contribution is 2.21. The SMILES string of the molecule is CN(C)C(=O)CNC(=O)C1CCN(S(=O)(=O)/C=C/c2ccccc2)CC1. The zero-order chi connectivity index (χ0) is 19.2. The summed E-state index contributed by atoms with van der Waals surface area (Å²) in [5.41, 5.74) is 0.816. The van der Waals surface area contributed by atoms with Crippen LogP contribution < -0.4 is 5.32 Å². The van der Waals surface area contributed by atoms with E-state index in [4.69, 9.17) is 0 Å². The van der Waals surface area contributed by atoms with Crippen LogP contribution in [0.4, 0.5) is 0 Å². The first-order valence-electron chi connectivity index (χ1n) is 8.51. The molecule has 0 aliphatic carbocycles. The second-order valence-electron chi connectivity index (χ2n) is 6.44. The second kappa shape index (κ2) is 8.95. The van der Waals surface area contributed by atoms with Crippen LogP contribution in [0.15, 0.2) is 35.7 Å². The molecule has 7 nitrogen and oxygen atoms in total. The standard InChI is InChI=1S/C18H25N3O4S/c1-20(2)17(22)14-19-18(23)16-8-11-21(12-9-16)26(24,25)13-10-15-6-4-3-5-7-15/h3-7,10,13,16H,8-9,11-12,14H2,1-2H3,(H,19,23)/b13-10+. The van der Waals surface area contributed by atoms with Gasteiger partial charge in [-0.3, -0.25) is 9.59 Å². The third kappa shape index (κ3) is 5.67. The molecule has 2 rings (SSSR count). The van der Waals surface area contributed by atoms with Gasteiger partial charge in [0.15, 0.2) is 0 Å². The molecule has 2 amide bonds. The number of benzene rings is 1. The van der Waals surface area contributed by atoms with Gasteiger partial charge in [-0.05, 0) is 24.5 Å². The number of carbonyl (C=O) groups is 2. The van der Waals surface area contributed by atoms with E-state index >= 15 is 0 Å². The Labute approximate surface area is 154 Å². The number of hydrogen-bond acceptors (Lipinski definition) is 4. The normalized spacial score (nSPS) is 16.5. The molecule has 1 N–H and O–H groups in total. The van der Waals surface area contributed by atoms with Gasteiger partial charge in [0.1, 0.15) is 0 Å². The molecule has 1 aromatic rings. The predicted octanol–water partition coefficient (Wildman–Crippen LogP) is 0.904. The van der Waals surface area contributed by atoms with Crippen molar-refractivity contribution < 1.29 is 18.0 Å². The summed E-state index contributed by atoms with van der Waals surface area (Å²) >= 11 is 0. The zero-order valence-corrected chi connectivity index (χ0v) is 15.9. The van der Waals surface area contributed by atoms with Crippen LogP contribution in [0.5, 0.6) is 0 Å². The fourth-order valence-electron chi connectivity index (χ4n) is 2.65. The first-order valence-corrected chi connectivity index (χ1v) is 10.0. The Morgan fingerprint density at radius 2 is 1.81 bits per heavy atom. The average Bonchev–Trinajstić information content (AvgIpc) is 2.65. The van der Waals surface area contributed by atoms with Gasteiger partial charge in [0.05, 0.1) is 6.54 Å². The van der Waals surface area contributed by atoms with Gasteiger partial charge in [0, 0.05) is 38.5 Å². The molecule has 1 saturated heterocycles. The van der Waals surface area contributed by atoms with Crippen LogP contribution in [0.3, 0.4) is 0 Å². The highest BCUT2D eigenvalue weighted by Gasteiger charge is 2.30. The molecule has 8 heteroatoms. The van der Waals surface area contributed by atoms with Crippen LogP contribution in [0, 0.1) is 5.92 Å². The third-order valence-corrected chi connectivity index (χ3v) is 5.89. The van der Waals surface area contributed by atoms with Crippen LogP contribution in [-0.2, 0) is 19.6 Å². The lowest BCUT2D eigenvalue weighted by Gasteiger charge is -2.29. The molecule has 0 aromatic heterocycles. The fraction of sp³-hybridized carbons (Fsp3) is 0.444. The Bertz CT molecular complexity index is 752. The van der Waals surface area contributed by atoms with E-state index in [0.717, 1.165) is 5.56 Å². The van der Waals surface area contributed by atoms with E-state index in [0.29, 0.717) is 25.9 Å². The van der Waals surface area contributed by atoms with E-state index in [9.17, 15) is 18.0 Å². The lowest BCUT2D eigenvalue weighted by molar-refractivity contribution is -0.132. The van der Waals surface area contributed by atoms with Crippen molar-refractivity contribution in [3.63, 3.8) is 0 Å². The Morgan fingerprint density at radius 1 is 1.19 bits per heavy atom. The largest absolute Gasteiger partial charge is 0.347 e. The predicted molar refractivity (Wildman–Crippen MR) is 100 cm³/mol. The molecule has 26 heavy (non-hydrogen) atoms. The molecule has 1 fully saturated rings. The van der Waals surface area contributed by atoms with Crippen molar-refractivity contribution in [2.45, 2.75) is 12.8 Å². The molecule has 0 spiro atoms. The molecular weight excluding hydrogens is 354 g/mol. The highest BCUT2D eigenvalue weighted by atomic mass is 32.2. The Kier molecular flexibility index (Phi) is 6.93. The summed E-state index contributed by atoms with van der Waals surface area (Å²) in [5.74, 6) is -0.643. The van der Waals surface area contributed by atoms with Gasteiger partial charge in [-0.2, -0.15) is 4.31 Å². The van der Waals surface area contributed by atoms with Gasteiger partial charge < -0.3 is 10.2 Å². The van der Waals surface area contributed by atoms with E-state index in [1.807, 2.05) is 30.3 Å². The maximum absolute atomic E-state index is 12.4. The number of sulfonamides is 1. The third-order valence-electron chi connectivity index (χ3n) is 4.33. The van der Waals surface area contributed by atoms with Crippen LogP contribution in [0.2, 0.25) is 0 Å². The number of likely N-dealkylation sites (N-methyl/N-ethyl adjacent to an activating group) is 1. The molecule has 0 saturated carbocycles. The molecule has 1 aliphatic rings. The van der Waals surface area contributed by atoms with Gasteiger partial charge in [-0.15, -0.1) is 0 Å². The number of carbonyl (C=O) groups excluding carboxylic acids is 2. The molecule has 0 atom stereocenters. The van der Waals surface area contributed by atoms with Crippen LogP contribution in [0.25, 0.3) is 6.08 Å². The van der Waals surface area contributed by atoms with Gasteiger partial charge >= 0.3 is 0 Å². The Balaban J connectivity index is 1.86. The van der Waals surface area contributed by atoms with E-state index < -0.39 is 10.0 Å². The molecule has 0 radical (unpaired) electrons. The molecule has 0 unspecified atom stereocenters. The van der Waals surface area contributed by atoms with E-state index in [1.165, 1.54) is 14.6 Å². The van der Waals surface area contributed by atoms with Crippen LogP contribution in [0.1, 0.15) is 18.4 Å². The van der Waals surface area contributed by atoms with E-state index in [-0.39, 0.29) is 24.3 Å². The Hall–Kier alpha value is -2.19. The minimum atomic E-state index is -3.51. The van der Waals surface area contributed by atoms with Gasteiger partial charge in [-0.25, -0.2) is 8.42 Å². The number of rotatable bonds is 6. The smallest absolute Gasteiger partial charge is 0.241 e. The number of piperidine rings is 1. The van der Waals surface area contributed by atoms with Crippen molar-refractivity contribution in [1.29, 1.82) is 0 Å². The first kappa shape index (κ1) is 20.1. The van der Waals surface area contributed by atoms with E-state index in [1.54, 1.807) is 20.2 Å². The van der Waals surface area contributed by atoms with Gasteiger partial charge in [0.25, 0.3) is 0 Å². The van der Waals surface area contributed by atoms with Gasteiger partial charge in [0.2, 0.25) is 21.8 Å². The number of nitrogens with one attached hydrogen (secondary N) is 1. The van der Waals surface area contributed by atoms with Crippen molar-refractivity contribution in [3.8, 4) is 0 Å². The molecule has 1 aliphatic heterocycles. The first-order chi connectivity index (χ1) is 12.3. The summed E-state index contributed by atoms with van der Waals surface area (Å²) in [6.07, 6.45) is 2.46. The maximum Gasteiger partial charge on any atom is 0.241 e.